The number of benzene rings is 3. The molecule has 3 rings (SSSR count). The van der Waals surface area contributed by atoms with E-state index in [1.54, 1.807) is 36.4 Å². The van der Waals surface area contributed by atoms with Crippen LogP contribution in [0.3, 0.4) is 0 Å². The third-order valence-electron chi connectivity index (χ3n) is 6.30. The van der Waals surface area contributed by atoms with Crippen molar-refractivity contribution in [2.24, 2.45) is 0 Å². The number of nitrogens with one attached hydrogen (secondary N) is 1. The Morgan fingerprint density at radius 1 is 0.902 bits per heavy atom. The summed E-state index contributed by atoms with van der Waals surface area (Å²) < 4.78 is 51.9. The zero-order valence-corrected chi connectivity index (χ0v) is 23.7. The number of hydrogen-bond acceptors (Lipinski definition) is 5. The lowest BCUT2D eigenvalue weighted by molar-refractivity contribution is -0.274. The maximum absolute atomic E-state index is 13.2. The molecule has 0 spiro atoms. The average molecular weight is 592 g/mol. The number of carbonyl (C=O) groups excluding carboxylic acids is 2. The minimum absolute atomic E-state index is 0.144. The van der Waals surface area contributed by atoms with Gasteiger partial charge < -0.3 is 19.5 Å². The van der Waals surface area contributed by atoms with E-state index >= 15 is 0 Å². The van der Waals surface area contributed by atoms with Crippen LogP contribution in [0.25, 0.3) is 11.1 Å². The van der Waals surface area contributed by atoms with E-state index in [0.29, 0.717) is 22.9 Å². The van der Waals surface area contributed by atoms with E-state index in [0.717, 1.165) is 36.8 Å². The van der Waals surface area contributed by atoms with Crippen LogP contribution in [0.2, 0.25) is 5.02 Å². The van der Waals surface area contributed by atoms with Crippen LogP contribution in [0.15, 0.2) is 66.7 Å². The van der Waals surface area contributed by atoms with Crippen LogP contribution in [0.4, 0.5) is 13.2 Å². The van der Waals surface area contributed by atoms with Crippen molar-refractivity contribution in [2.45, 2.75) is 57.9 Å². The van der Waals surface area contributed by atoms with Crippen molar-refractivity contribution < 1.29 is 37.0 Å². The molecule has 0 aliphatic rings. The van der Waals surface area contributed by atoms with Gasteiger partial charge in [-0.15, -0.1) is 13.2 Å². The maximum atomic E-state index is 13.2. The molecule has 0 heterocycles. The predicted molar refractivity (Wildman–Crippen MR) is 151 cm³/mol. The number of halogens is 4. The smallest absolute Gasteiger partial charge is 0.493 e. The Kier molecular flexibility index (Phi) is 11.9. The van der Waals surface area contributed by atoms with Gasteiger partial charge in [-0.1, -0.05) is 80.6 Å². The number of alkyl halides is 3. The third kappa shape index (κ3) is 10.3. The highest BCUT2D eigenvalue weighted by Gasteiger charge is 2.31. The van der Waals surface area contributed by atoms with Gasteiger partial charge in [0.25, 0.3) is 5.91 Å². The minimum atomic E-state index is -4.76. The van der Waals surface area contributed by atoms with E-state index in [9.17, 15) is 22.8 Å². The number of methoxy groups -OCH3 is 1. The molecule has 0 aliphatic carbocycles. The first-order valence-electron chi connectivity index (χ1n) is 13.4. The summed E-state index contributed by atoms with van der Waals surface area (Å²) in [5.74, 6) is -1.08. The minimum Gasteiger partial charge on any atom is -0.493 e. The van der Waals surface area contributed by atoms with Crippen LogP contribution in [-0.4, -0.2) is 38.0 Å². The van der Waals surface area contributed by atoms with E-state index in [4.69, 9.17) is 21.1 Å². The molecule has 1 amide bonds. The van der Waals surface area contributed by atoms with E-state index in [2.05, 4.69) is 17.0 Å². The molecule has 6 nitrogen and oxygen atoms in total. The van der Waals surface area contributed by atoms with E-state index in [-0.39, 0.29) is 17.7 Å². The molecule has 3 aromatic rings. The summed E-state index contributed by atoms with van der Waals surface area (Å²) in [5.41, 5.74) is 2.38. The predicted octanol–water partition coefficient (Wildman–Crippen LogP) is 7.77. The highest BCUT2D eigenvalue weighted by Crippen LogP contribution is 2.27. The maximum Gasteiger partial charge on any atom is 0.573 e. The Morgan fingerprint density at radius 2 is 1.54 bits per heavy atom. The van der Waals surface area contributed by atoms with Crippen molar-refractivity contribution in [1.29, 1.82) is 0 Å². The number of rotatable bonds is 14. The summed E-state index contributed by atoms with van der Waals surface area (Å²) in [6, 6.07) is 16.4. The Balaban J connectivity index is 1.67. The SMILES string of the molecule is CCCCCCCOc1ccc(Cl)cc1C(=O)NC(Cc1ccc(-c2ccc(OC(F)(F)F)cc2)cc1)C(=O)OC. The molecule has 0 radical (unpaired) electrons. The molecule has 0 fully saturated rings. The van der Waals surface area contributed by atoms with Crippen LogP contribution in [0.1, 0.15) is 54.9 Å². The van der Waals surface area contributed by atoms with Gasteiger partial charge in [0.05, 0.1) is 19.3 Å². The normalized spacial score (nSPS) is 12.0. The number of carbonyl (C=O) groups is 2. The molecule has 1 N–H and O–H groups in total. The van der Waals surface area contributed by atoms with Gasteiger partial charge in [-0.05, 0) is 53.4 Å². The van der Waals surface area contributed by atoms with Gasteiger partial charge in [-0.2, -0.15) is 0 Å². The molecule has 10 heteroatoms. The second-order valence-corrected chi connectivity index (χ2v) is 9.86. The van der Waals surface area contributed by atoms with E-state index in [1.807, 2.05) is 0 Å². The summed E-state index contributed by atoms with van der Waals surface area (Å²) in [5, 5.41) is 3.09. The van der Waals surface area contributed by atoms with Gasteiger partial charge in [0.15, 0.2) is 0 Å². The van der Waals surface area contributed by atoms with Crippen molar-refractivity contribution in [3.05, 3.63) is 82.9 Å². The van der Waals surface area contributed by atoms with Gasteiger partial charge in [-0.25, -0.2) is 4.79 Å². The average Bonchev–Trinajstić information content (AvgIpc) is 2.94. The van der Waals surface area contributed by atoms with Crippen LogP contribution in [-0.2, 0) is 16.0 Å². The molecule has 0 aliphatic heterocycles. The molecule has 41 heavy (non-hydrogen) atoms. The van der Waals surface area contributed by atoms with Crippen molar-refractivity contribution >= 4 is 23.5 Å². The van der Waals surface area contributed by atoms with Crippen molar-refractivity contribution in [1.82, 2.24) is 5.32 Å². The summed E-state index contributed by atoms with van der Waals surface area (Å²) in [6.07, 6.45) is 0.708. The fraction of sp³-hybridized carbons (Fsp3) is 0.355. The zero-order valence-electron chi connectivity index (χ0n) is 22.9. The second kappa shape index (κ2) is 15.3. The molecule has 1 unspecified atom stereocenters. The number of amides is 1. The lowest BCUT2D eigenvalue weighted by Gasteiger charge is -2.18. The Labute approximate surface area is 242 Å². The molecular weight excluding hydrogens is 559 g/mol. The molecule has 220 valence electrons. The first-order chi connectivity index (χ1) is 19.6. The molecule has 1 atom stereocenters. The summed E-state index contributed by atoms with van der Waals surface area (Å²) in [7, 11) is 1.24. The van der Waals surface area contributed by atoms with Gasteiger partial charge in [0.2, 0.25) is 0 Å². The number of ether oxygens (including phenoxy) is 3. The fourth-order valence-corrected chi connectivity index (χ4v) is 4.35. The number of esters is 1. The lowest BCUT2D eigenvalue weighted by atomic mass is 10.00. The Bertz CT molecular complexity index is 1280. The topological polar surface area (TPSA) is 73.9 Å². The van der Waals surface area contributed by atoms with E-state index < -0.39 is 24.3 Å². The quantitative estimate of drug-likeness (QED) is 0.153. The van der Waals surface area contributed by atoms with Crippen LogP contribution in [0, 0.1) is 0 Å². The van der Waals surface area contributed by atoms with Crippen molar-refractivity contribution in [2.75, 3.05) is 13.7 Å². The molecule has 0 saturated heterocycles. The Morgan fingerprint density at radius 3 is 2.15 bits per heavy atom. The molecule has 0 saturated carbocycles. The summed E-state index contributed by atoms with van der Waals surface area (Å²) >= 11 is 6.15. The number of unbranched alkanes of at least 4 members (excludes halogenated alkanes) is 4. The fourth-order valence-electron chi connectivity index (χ4n) is 4.18. The van der Waals surface area contributed by atoms with Crippen molar-refractivity contribution in [3.63, 3.8) is 0 Å². The van der Waals surface area contributed by atoms with Crippen LogP contribution < -0.4 is 14.8 Å². The Hall–Kier alpha value is -3.72. The highest BCUT2D eigenvalue weighted by atomic mass is 35.5. The first-order valence-corrected chi connectivity index (χ1v) is 13.7. The largest absolute Gasteiger partial charge is 0.573 e. The molecule has 0 bridgehead atoms. The van der Waals surface area contributed by atoms with Gasteiger partial charge in [0, 0.05) is 11.4 Å². The van der Waals surface area contributed by atoms with E-state index in [1.165, 1.54) is 43.9 Å². The highest BCUT2D eigenvalue weighted by molar-refractivity contribution is 6.31. The van der Waals surface area contributed by atoms with Gasteiger partial charge in [0.1, 0.15) is 17.5 Å². The summed E-state index contributed by atoms with van der Waals surface area (Å²) in [6.45, 7) is 2.60. The zero-order chi connectivity index (χ0) is 29.8. The summed E-state index contributed by atoms with van der Waals surface area (Å²) in [4.78, 5) is 25.8. The molecule has 3 aromatic carbocycles. The van der Waals surface area contributed by atoms with Crippen molar-refractivity contribution in [3.8, 4) is 22.6 Å². The lowest BCUT2D eigenvalue weighted by Crippen LogP contribution is -2.43. The van der Waals surface area contributed by atoms with Gasteiger partial charge in [-0.3, -0.25) is 4.79 Å². The number of hydrogen-bond donors (Lipinski definition) is 1. The first kappa shape index (κ1) is 31.8. The van der Waals surface area contributed by atoms with Gasteiger partial charge >= 0.3 is 12.3 Å². The van der Waals surface area contributed by atoms with Crippen LogP contribution >= 0.6 is 11.6 Å². The molecule has 0 aromatic heterocycles. The second-order valence-electron chi connectivity index (χ2n) is 9.43. The monoisotopic (exact) mass is 591 g/mol. The van der Waals surface area contributed by atoms with Crippen LogP contribution in [0.5, 0.6) is 11.5 Å². The third-order valence-corrected chi connectivity index (χ3v) is 6.53. The standard InChI is InChI=1S/C31H33ClF3NO5/c1-3-4-5-6-7-18-40-28-17-14-24(32)20-26(28)29(37)36-27(30(38)39-2)19-21-8-10-22(11-9-21)23-12-15-25(16-13-23)41-31(33,34)35/h8-17,20,27H,3-7,18-19H2,1-2H3,(H,36,37). The molecular formula is C31H33ClF3NO5.